The van der Waals surface area contributed by atoms with Gasteiger partial charge in [-0.3, -0.25) is 9.36 Å². The van der Waals surface area contributed by atoms with Gasteiger partial charge in [-0.25, -0.2) is 4.98 Å². The van der Waals surface area contributed by atoms with Crippen LogP contribution >= 0.6 is 24.8 Å². The van der Waals surface area contributed by atoms with Crippen molar-refractivity contribution in [2.45, 2.75) is 31.9 Å². The summed E-state index contributed by atoms with van der Waals surface area (Å²) in [6.07, 6.45) is 2.08. The minimum absolute atomic E-state index is 0. The van der Waals surface area contributed by atoms with Gasteiger partial charge in [-0.15, -0.1) is 24.8 Å². The van der Waals surface area contributed by atoms with Crippen LogP contribution in [0.2, 0.25) is 0 Å². The van der Waals surface area contributed by atoms with Gasteiger partial charge in [-0.05, 0) is 31.5 Å². The molecule has 0 radical (unpaired) electrons. The first-order chi connectivity index (χ1) is 10.7. The zero-order valence-corrected chi connectivity index (χ0v) is 14.5. The highest BCUT2D eigenvalue weighted by atomic mass is 35.5. The van der Waals surface area contributed by atoms with Crippen LogP contribution in [-0.2, 0) is 11.2 Å². The van der Waals surface area contributed by atoms with E-state index in [2.05, 4.69) is 15.6 Å². The van der Waals surface area contributed by atoms with Crippen molar-refractivity contribution in [2.75, 3.05) is 13.1 Å². The lowest BCUT2D eigenvalue weighted by Gasteiger charge is -2.11. The molecule has 1 fully saturated rings. The number of fused-ring (bicyclic) bond motifs is 1. The number of hydrogen-bond acceptors (Lipinski definition) is 3. The molecule has 0 aliphatic carbocycles. The third-order valence-electron chi connectivity index (χ3n) is 3.89. The molecule has 134 valence electrons. The lowest BCUT2D eigenvalue weighted by molar-refractivity contribution is -0.122. The van der Waals surface area contributed by atoms with E-state index in [1.807, 2.05) is 0 Å². The van der Waals surface area contributed by atoms with Gasteiger partial charge < -0.3 is 10.6 Å². The fourth-order valence-electron chi connectivity index (χ4n) is 2.82. The Hall–Kier alpha value is -1.44. The Balaban J connectivity index is 0.00000144. The summed E-state index contributed by atoms with van der Waals surface area (Å²) in [5.41, 5.74) is 0.956. The van der Waals surface area contributed by atoms with Gasteiger partial charge in [0.25, 0.3) is 0 Å². The monoisotopic (exact) mass is 380 g/mol. The number of alkyl halides is 2. The number of benzene rings is 1. The predicted molar refractivity (Wildman–Crippen MR) is 93.2 cm³/mol. The van der Waals surface area contributed by atoms with Crippen LogP contribution in [0.4, 0.5) is 8.78 Å². The molecule has 1 saturated heterocycles. The molecule has 24 heavy (non-hydrogen) atoms. The number of imidazole rings is 1. The molecular weight excluding hydrogens is 361 g/mol. The van der Waals surface area contributed by atoms with E-state index >= 15 is 0 Å². The maximum atomic E-state index is 13.2. The Morgan fingerprint density at radius 1 is 1.38 bits per heavy atom. The van der Waals surface area contributed by atoms with Crippen LogP contribution in [0.5, 0.6) is 0 Å². The molecule has 1 atom stereocenters. The summed E-state index contributed by atoms with van der Waals surface area (Å²) < 4.78 is 27.4. The average molecular weight is 381 g/mol. The van der Waals surface area contributed by atoms with Crippen LogP contribution in [0, 0.1) is 0 Å². The van der Waals surface area contributed by atoms with E-state index in [0.29, 0.717) is 17.6 Å². The highest BCUT2D eigenvalue weighted by Gasteiger charge is 2.22. The zero-order valence-electron chi connectivity index (χ0n) is 12.9. The standard InChI is InChI=1S/C15H18F2N4O.2ClH/c16-15(17)21-12-6-2-1-4-10(12)20-13(21)7-9-19-14(22)11-5-3-8-18-11;;/h1-2,4,6,11,15,18H,3,5,7-9H2,(H,19,22);2*1H. The Kier molecular flexibility index (Phi) is 7.86. The van der Waals surface area contributed by atoms with Crippen molar-refractivity contribution >= 4 is 41.8 Å². The molecule has 2 aromatic rings. The number of amides is 1. The second-order valence-corrected chi connectivity index (χ2v) is 5.35. The predicted octanol–water partition coefficient (Wildman–Crippen LogP) is 2.69. The molecule has 1 amide bonds. The number of rotatable bonds is 5. The van der Waals surface area contributed by atoms with Gasteiger partial charge in [0.2, 0.25) is 5.91 Å². The van der Waals surface area contributed by atoms with E-state index in [0.717, 1.165) is 24.0 Å². The molecule has 3 rings (SSSR count). The number of halogens is 4. The van der Waals surface area contributed by atoms with E-state index in [1.54, 1.807) is 24.3 Å². The maximum Gasteiger partial charge on any atom is 0.320 e. The van der Waals surface area contributed by atoms with E-state index in [1.165, 1.54) is 0 Å². The van der Waals surface area contributed by atoms with Gasteiger partial charge >= 0.3 is 6.55 Å². The second-order valence-electron chi connectivity index (χ2n) is 5.35. The normalized spacial score (nSPS) is 16.7. The lowest BCUT2D eigenvalue weighted by atomic mass is 10.2. The zero-order chi connectivity index (χ0) is 15.5. The molecule has 9 heteroatoms. The summed E-state index contributed by atoms with van der Waals surface area (Å²) in [6.45, 7) is -1.50. The third-order valence-corrected chi connectivity index (χ3v) is 3.89. The summed E-state index contributed by atoms with van der Waals surface area (Å²) in [6, 6.07) is 6.65. The molecule has 1 unspecified atom stereocenters. The van der Waals surface area contributed by atoms with E-state index in [4.69, 9.17) is 0 Å². The Morgan fingerprint density at radius 2 is 2.12 bits per heavy atom. The largest absolute Gasteiger partial charge is 0.354 e. The van der Waals surface area contributed by atoms with Crippen LogP contribution in [0.1, 0.15) is 25.2 Å². The van der Waals surface area contributed by atoms with Crippen molar-refractivity contribution in [3.8, 4) is 0 Å². The molecule has 1 aliphatic rings. The van der Waals surface area contributed by atoms with Gasteiger partial charge in [-0.2, -0.15) is 8.78 Å². The highest BCUT2D eigenvalue weighted by molar-refractivity contribution is 5.85. The Labute approximate surface area is 151 Å². The summed E-state index contributed by atoms with van der Waals surface area (Å²) in [5, 5.41) is 5.89. The van der Waals surface area contributed by atoms with Crippen molar-refractivity contribution in [1.29, 1.82) is 0 Å². The molecule has 0 spiro atoms. The van der Waals surface area contributed by atoms with E-state index in [-0.39, 0.29) is 49.0 Å². The third kappa shape index (κ3) is 4.34. The fourth-order valence-corrected chi connectivity index (χ4v) is 2.82. The number of carbonyl (C=O) groups excluding carboxylic acids is 1. The summed E-state index contributed by atoms with van der Waals surface area (Å²) >= 11 is 0. The molecule has 2 N–H and O–H groups in total. The van der Waals surface area contributed by atoms with Crippen LogP contribution < -0.4 is 10.6 Å². The summed E-state index contributed by atoms with van der Waals surface area (Å²) in [7, 11) is 0. The van der Waals surface area contributed by atoms with Crippen LogP contribution in [0.15, 0.2) is 24.3 Å². The fraction of sp³-hybridized carbons (Fsp3) is 0.467. The van der Waals surface area contributed by atoms with Crippen molar-refractivity contribution in [3.05, 3.63) is 30.1 Å². The second kappa shape index (κ2) is 9.15. The number of aromatic nitrogens is 2. The van der Waals surface area contributed by atoms with Crippen LogP contribution in [0.25, 0.3) is 11.0 Å². The van der Waals surface area contributed by atoms with Crippen molar-refractivity contribution < 1.29 is 13.6 Å². The Bertz CT molecular complexity index is 675. The molecular formula is C15H20Cl2F2N4O. The maximum absolute atomic E-state index is 13.2. The summed E-state index contributed by atoms with van der Waals surface area (Å²) in [5.74, 6) is 0.216. The number of para-hydroxylation sites is 2. The van der Waals surface area contributed by atoms with Gasteiger partial charge in [0.15, 0.2) is 0 Å². The first kappa shape index (κ1) is 20.6. The molecule has 2 heterocycles. The lowest BCUT2D eigenvalue weighted by Crippen LogP contribution is -2.41. The van der Waals surface area contributed by atoms with E-state index < -0.39 is 6.55 Å². The molecule has 0 saturated carbocycles. The molecule has 1 aromatic heterocycles. The van der Waals surface area contributed by atoms with Crippen molar-refractivity contribution in [1.82, 2.24) is 20.2 Å². The molecule has 1 aliphatic heterocycles. The average Bonchev–Trinajstić information content (AvgIpc) is 3.14. The van der Waals surface area contributed by atoms with E-state index in [9.17, 15) is 13.6 Å². The van der Waals surface area contributed by atoms with Crippen molar-refractivity contribution in [2.24, 2.45) is 0 Å². The van der Waals surface area contributed by atoms with Gasteiger partial charge in [0, 0.05) is 13.0 Å². The minimum atomic E-state index is -2.64. The smallest absolute Gasteiger partial charge is 0.320 e. The first-order valence-corrected chi connectivity index (χ1v) is 7.42. The number of nitrogens with zero attached hydrogens (tertiary/aromatic N) is 2. The van der Waals surface area contributed by atoms with Crippen LogP contribution in [0.3, 0.4) is 0 Å². The molecule has 5 nitrogen and oxygen atoms in total. The molecule has 0 bridgehead atoms. The van der Waals surface area contributed by atoms with Crippen LogP contribution in [-0.4, -0.2) is 34.6 Å². The minimum Gasteiger partial charge on any atom is -0.354 e. The summed E-state index contributed by atoms with van der Waals surface area (Å²) in [4.78, 5) is 16.1. The van der Waals surface area contributed by atoms with Gasteiger partial charge in [0.1, 0.15) is 5.82 Å². The number of hydrogen-bond donors (Lipinski definition) is 2. The van der Waals surface area contributed by atoms with Gasteiger partial charge in [0.05, 0.1) is 17.1 Å². The van der Waals surface area contributed by atoms with Gasteiger partial charge in [-0.1, -0.05) is 12.1 Å². The molecule has 1 aromatic carbocycles. The van der Waals surface area contributed by atoms with Crippen molar-refractivity contribution in [3.63, 3.8) is 0 Å². The number of nitrogens with one attached hydrogen (secondary N) is 2. The Morgan fingerprint density at radius 3 is 2.79 bits per heavy atom. The topological polar surface area (TPSA) is 59.0 Å². The number of carbonyl (C=O) groups is 1. The quantitative estimate of drug-likeness (QED) is 0.838. The highest BCUT2D eigenvalue weighted by Crippen LogP contribution is 2.23. The SMILES string of the molecule is Cl.Cl.O=C(NCCc1nc2ccccc2n1C(F)F)C1CCCN1. The first-order valence-electron chi connectivity index (χ1n) is 7.42.